The quantitative estimate of drug-likeness (QED) is 0.877. The van der Waals surface area contributed by atoms with Gasteiger partial charge in [0.15, 0.2) is 0 Å². The van der Waals surface area contributed by atoms with Crippen molar-refractivity contribution in [2.75, 3.05) is 25.5 Å². The van der Waals surface area contributed by atoms with E-state index in [9.17, 15) is 0 Å². The van der Waals surface area contributed by atoms with Crippen LogP contribution in [0, 0.1) is 0 Å². The van der Waals surface area contributed by atoms with Crippen molar-refractivity contribution in [1.82, 2.24) is 4.90 Å². The third-order valence-electron chi connectivity index (χ3n) is 2.94. The monoisotopic (exact) mass is 346 g/mol. The summed E-state index contributed by atoms with van der Waals surface area (Å²) in [5.41, 5.74) is 1.17. The van der Waals surface area contributed by atoms with E-state index in [1.807, 2.05) is 6.07 Å². The molecule has 0 bridgehead atoms. The summed E-state index contributed by atoms with van der Waals surface area (Å²) in [6.07, 6.45) is 2.52. The summed E-state index contributed by atoms with van der Waals surface area (Å²) in [6, 6.07) is 6.72. The SMILES string of the molecule is CN1CCCC(Nc2c(Br)cccc2Br)C1. The molecule has 1 heterocycles. The average molecular weight is 348 g/mol. The van der Waals surface area contributed by atoms with Crippen LogP contribution in [0.15, 0.2) is 27.1 Å². The molecule has 16 heavy (non-hydrogen) atoms. The number of likely N-dealkylation sites (N-methyl/N-ethyl adjacent to an activating group) is 1. The van der Waals surface area contributed by atoms with Gasteiger partial charge in [0, 0.05) is 21.5 Å². The minimum absolute atomic E-state index is 0.550. The maximum atomic E-state index is 3.61. The number of hydrogen-bond acceptors (Lipinski definition) is 2. The number of para-hydroxylation sites is 1. The van der Waals surface area contributed by atoms with Crippen LogP contribution in [0.2, 0.25) is 0 Å². The van der Waals surface area contributed by atoms with Gasteiger partial charge in [0.1, 0.15) is 0 Å². The van der Waals surface area contributed by atoms with Crippen LogP contribution in [0.25, 0.3) is 0 Å². The fourth-order valence-corrected chi connectivity index (χ4v) is 3.35. The van der Waals surface area contributed by atoms with Crippen molar-refractivity contribution in [3.05, 3.63) is 27.1 Å². The number of nitrogens with one attached hydrogen (secondary N) is 1. The molecule has 1 unspecified atom stereocenters. The molecule has 2 nitrogen and oxygen atoms in total. The van der Waals surface area contributed by atoms with E-state index >= 15 is 0 Å². The Labute approximate surface area is 114 Å². The van der Waals surface area contributed by atoms with Crippen LogP contribution >= 0.6 is 31.9 Å². The van der Waals surface area contributed by atoms with Crippen LogP contribution in [0.3, 0.4) is 0 Å². The topological polar surface area (TPSA) is 15.3 Å². The van der Waals surface area contributed by atoms with Crippen LogP contribution in [0.5, 0.6) is 0 Å². The molecule has 1 aliphatic rings. The minimum Gasteiger partial charge on any atom is -0.379 e. The van der Waals surface area contributed by atoms with Crippen LogP contribution in [0.1, 0.15) is 12.8 Å². The van der Waals surface area contributed by atoms with Crippen molar-refractivity contribution in [3.63, 3.8) is 0 Å². The summed E-state index contributed by atoms with van der Waals surface area (Å²) < 4.78 is 2.24. The molecule has 4 heteroatoms. The maximum Gasteiger partial charge on any atom is 0.0631 e. The smallest absolute Gasteiger partial charge is 0.0631 e. The molecule has 0 amide bonds. The molecule has 88 valence electrons. The van der Waals surface area contributed by atoms with Crippen molar-refractivity contribution in [2.45, 2.75) is 18.9 Å². The van der Waals surface area contributed by atoms with E-state index in [1.54, 1.807) is 0 Å². The van der Waals surface area contributed by atoms with Crippen LogP contribution in [0.4, 0.5) is 5.69 Å². The van der Waals surface area contributed by atoms with Gasteiger partial charge < -0.3 is 10.2 Å². The Kier molecular flexibility index (Phi) is 4.27. The molecule has 0 spiro atoms. The van der Waals surface area contributed by atoms with E-state index in [-0.39, 0.29) is 0 Å². The van der Waals surface area contributed by atoms with Crippen molar-refractivity contribution in [2.24, 2.45) is 0 Å². The summed E-state index contributed by atoms with van der Waals surface area (Å²) in [4.78, 5) is 2.38. The van der Waals surface area contributed by atoms with Crippen molar-refractivity contribution < 1.29 is 0 Å². The van der Waals surface area contributed by atoms with Gasteiger partial charge >= 0.3 is 0 Å². The highest BCUT2D eigenvalue weighted by atomic mass is 79.9. The Morgan fingerprint density at radius 2 is 2.00 bits per heavy atom. The second-order valence-corrected chi connectivity index (χ2v) is 6.05. The van der Waals surface area contributed by atoms with Crippen LogP contribution < -0.4 is 5.32 Å². The van der Waals surface area contributed by atoms with Gasteiger partial charge in [-0.3, -0.25) is 0 Å². The summed E-state index contributed by atoms with van der Waals surface area (Å²) >= 11 is 7.17. The first-order valence-corrected chi connectivity index (χ1v) is 7.14. The molecule has 1 aromatic carbocycles. The lowest BCUT2D eigenvalue weighted by Gasteiger charge is -2.31. The molecule has 0 aromatic heterocycles. The second kappa shape index (κ2) is 5.52. The fourth-order valence-electron chi connectivity index (χ4n) is 2.12. The maximum absolute atomic E-state index is 3.61. The number of benzene rings is 1. The molecule has 1 atom stereocenters. The van der Waals surface area contributed by atoms with Gasteiger partial charge in [0.25, 0.3) is 0 Å². The third-order valence-corrected chi connectivity index (χ3v) is 4.26. The third kappa shape index (κ3) is 2.99. The Morgan fingerprint density at radius 1 is 1.31 bits per heavy atom. The lowest BCUT2D eigenvalue weighted by atomic mass is 10.1. The molecule has 2 rings (SSSR count). The standard InChI is InChI=1S/C12H16Br2N2/c1-16-7-3-4-9(8-16)15-12-10(13)5-2-6-11(12)14/h2,5-6,9,15H,3-4,7-8H2,1H3. The summed E-state index contributed by atoms with van der Waals surface area (Å²) in [7, 11) is 2.18. The van der Waals surface area contributed by atoms with Gasteiger partial charge in [0.05, 0.1) is 5.69 Å². The van der Waals surface area contributed by atoms with E-state index in [2.05, 4.69) is 61.3 Å². The molecule has 1 saturated heterocycles. The normalized spacial score (nSPS) is 22.1. The summed E-state index contributed by atoms with van der Waals surface area (Å²) in [6.45, 7) is 2.34. The van der Waals surface area contributed by atoms with Gasteiger partial charge in [-0.1, -0.05) is 6.07 Å². The zero-order valence-electron chi connectivity index (χ0n) is 9.34. The van der Waals surface area contributed by atoms with Gasteiger partial charge in [-0.05, 0) is 70.4 Å². The molecule has 0 aliphatic carbocycles. The number of likely N-dealkylation sites (tertiary alicyclic amines) is 1. The number of rotatable bonds is 2. The highest BCUT2D eigenvalue weighted by Gasteiger charge is 2.18. The van der Waals surface area contributed by atoms with E-state index in [4.69, 9.17) is 0 Å². The molecule has 1 aliphatic heterocycles. The molecule has 1 fully saturated rings. The predicted octanol–water partition coefficient (Wildman–Crippen LogP) is 3.72. The Hall–Kier alpha value is -0.0600. The summed E-state index contributed by atoms with van der Waals surface area (Å²) in [5.74, 6) is 0. The average Bonchev–Trinajstić information content (AvgIpc) is 2.24. The van der Waals surface area contributed by atoms with Crippen molar-refractivity contribution in [1.29, 1.82) is 0 Å². The summed E-state index contributed by atoms with van der Waals surface area (Å²) in [5, 5.41) is 3.61. The zero-order valence-corrected chi connectivity index (χ0v) is 12.5. The number of halogens is 2. The predicted molar refractivity (Wildman–Crippen MR) is 76.0 cm³/mol. The number of anilines is 1. The van der Waals surface area contributed by atoms with Crippen molar-refractivity contribution >= 4 is 37.5 Å². The van der Waals surface area contributed by atoms with Crippen LogP contribution in [-0.2, 0) is 0 Å². The highest BCUT2D eigenvalue weighted by molar-refractivity contribution is 9.11. The van der Waals surface area contributed by atoms with E-state index in [1.165, 1.54) is 25.1 Å². The highest BCUT2D eigenvalue weighted by Crippen LogP contribution is 2.31. The van der Waals surface area contributed by atoms with Crippen LogP contribution in [-0.4, -0.2) is 31.1 Å². The van der Waals surface area contributed by atoms with Gasteiger partial charge in [0.2, 0.25) is 0 Å². The first kappa shape index (κ1) is 12.4. The first-order chi connectivity index (χ1) is 7.66. The number of hydrogen-bond donors (Lipinski definition) is 1. The molecule has 0 radical (unpaired) electrons. The second-order valence-electron chi connectivity index (χ2n) is 4.34. The minimum atomic E-state index is 0.550. The van der Waals surface area contributed by atoms with Gasteiger partial charge in [-0.25, -0.2) is 0 Å². The van der Waals surface area contributed by atoms with E-state index in [0.29, 0.717) is 6.04 Å². The zero-order chi connectivity index (χ0) is 11.5. The fraction of sp³-hybridized carbons (Fsp3) is 0.500. The molecule has 1 aromatic rings. The van der Waals surface area contributed by atoms with Crippen molar-refractivity contribution in [3.8, 4) is 0 Å². The lowest BCUT2D eigenvalue weighted by Crippen LogP contribution is -2.39. The molecular formula is C12H16Br2N2. The lowest BCUT2D eigenvalue weighted by molar-refractivity contribution is 0.261. The Bertz CT molecular complexity index is 348. The largest absolute Gasteiger partial charge is 0.379 e. The first-order valence-electron chi connectivity index (χ1n) is 5.56. The Balaban J connectivity index is 2.08. The van der Waals surface area contributed by atoms with E-state index in [0.717, 1.165) is 15.5 Å². The number of piperidine rings is 1. The Morgan fingerprint density at radius 3 is 2.62 bits per heavy atom. The molecular weight excluding hydrogens is 332 g/mol. The van der Waals surface area contributed by atoms with E-state index < -0.39 is 0 Å². The van der Waals surface area contributed by atoms with Gasteiger partial charge in [-0.2, -0.15) is 0 Å². The van der Waals surface area contributed by atoms with Gasteiger partial charge in [-0.15, -0.1) is 0 Å². The molecule has 0 saturated carbocycles. The molecule has 1 N–H and O–H groups in total. The number of nitrogens with zero attached hydrogens (tertiary/aromatic N) is 1.